The lowest BCUT2D eigenvalue weighted by atomic mass is 9.93. The summed E-state index contributed by atoms with van der Waals surface area (Å²) in [6.45, 7) is 5.63. The molecule has 6 heteroatoms. The molecule has 0 saturated carbocycles. The molecule has 0 radical (unpaired) electrons. The predicted octanol–water partition coefficient (Wildman–Crippen LogP) is 11.0. The first-order chi connectivity index (χ1) is 24.6. The number of benzene rings is 3. The molecule has 3 rings (SSSR count). The average molecular weight is 673 g/mol. The molecule has 0 amide bonds. The zero-order valence-electron chi connectivity index (χ0n) is 30.6. The molecule has 0 N–H and O–H groups in total. The van der Waals surface area contributed by atoms with Crippen LogP contribution in [0.4, 0.5) is 0 Å². The molecule has 0 bridgehead atoms. The van der Waals surface area contributed by atoms with Crippen molar-refractivity contribution in [2.24, 2.45) is 0 Å². The van der Waals surface area contributed by atoms with Crippen molar-refractivity contribution in [1.29, 1.82) is 21.0 Å². The molecular formula is C44H56N4O2. The summed E-state index contributed by atoms with van der Waals surface area (Å²) in [5.41, 5.74) is -0.0687. The van der Waals surface area contributed by atoms with Gasteiger partial charge in [-0.3, -0.25) is 0 Å². The van der Waals surface area contributed by atoms with Gasteiger partial charge < -0.3 is 9.47 Å². The molecule has 3 aromatic carbocycles. The van der Waals surface area contributed by atoms with Crippen LogP contribution < -0.4 is 19.9 Å². The molecule has 0 aliphatic carbocycles. The van der Waals surface area contributed by atoms with E-state index in [4.69, 9.17) is 9.47 Å². The Morgan fingerprint density at radius 3 is 1.02 bits per heavy atom. The summed E-state index contributed by atoms with van der Waals surface area (Å²) in [7, 11) is 0. The number of hydrogen-bond donors (Lipinski definition) is 0. The maximum atomic E-state index is 10.0. The Morgan fingerprint density at radius 1 is 0.420 bits per heavy atom. The van der Waals surface area contributed by atoms with Crippen LogP contribution in [0.25, 0.3) is 32.7 Å². The van der Waals surface area contributed by atoms with Gasteiger partial charge in [0.05, 0.1) is 13.2 Å². The van der Waals surface area contributed by atoms with Crippen LogP contribution in [0.5, 0.6) is 11.5 Å². The first-order valence-electron chi connectivity index (χ1n) is 19.3. The molecule has 0 heterocycles. The van der Waals surface area contributed by atoms with Crippen molar-refractivity contribution < 1.29 is 9.47 Å². The highest BCUT2D eigenvalue weighted by atomic mass is 16.5. The first-order valence-corrected chi connectivity index (χ1v) is 19.3. The number of fused-ring (bicyclic) bond motifs is 2. The van der Waals surface area contributed by atoms with E-state index in [0.29, 0.717) is 56.7 Å². The maximum absolute atomic E-state index is 10.0. The van der Waals surface area contributed by atoms with Crippen molar-refractivity contribution in [3.63, 3.8) is 0 Å². The highest BCUT2D eigenvalue weighted by molar-refractivity contribution is 6.06. The Kier molecular flexibility index (Phi) is 19.0. The fraction of sp³-hybridized carbons (Fsp3) is 0.545. The van der Waals surface area contributed by atoms with Gasteiger partial charge in [0.2, 0.25) is 0 Å². The van der Waals surface area contributed by atoms with Gasteiger partial charge in [0.1, 0.15) is 46.9 Å². The molecule has 0 atom stereocenters. The lowest BCUT2D eigenvalue weighted by Crippen LogP contribution is -2.19. The second-order valence-electron chi connectivity index (χ2n) is 13.4. The monoisotopic (exact) mass is 672 g/mol. The molecule has 0 fully saturated rings. The Labute approximate surface area is 300 Å². The van der Waals surface area contributed by atoms with E-state index in [9.17, 15) is 21.0 Å². The number of unbranched alkanes of at least 4 members (excludes halogenated alkanes) is 18. The van der Waals surface area contributed by atoms with Crippen molar-refractivity contribution in [2.75, 3.05) is 13.2 Å². The lowest BCUT2D eigenvalue weighted by Gasteiger charge is -2.13. The van der Waals surface area contributed by atoms with Gasteiger partial charge in [0.25, 0.3) is 0 Å². The second-order valence-corrected chi connectivity index (χ2v) is 13.4. The van der Waals surface area contributed by atoms with Crippen molar-refractivity contribution >= 4 is 32.7 Å². The first kappa shape index (κ1) is 39.9. The van der Waals surface area contributed by atoms with Crippen LogP contribution in [0, 0.1) is 45.3 Å². The molecule has 0 aromatic heterocycles. The zero-order valence-corrected chi connectivity index (χ0v) is 30.6. The molecule has 0 aliphatic rings. The molecule has 3 aromatic rings. The van der Waals surface area contributed by atoms with E-state index in [-0.39, 0.29) is 11.1 Å². The van der Waals surface area contributed by atoms with E-state index in [1.54, 1.807) is 0 Å². The summed E-state index contributed by atoms with van der Waals surface area (Å²) in [5.74, 6) is 1.25. The molecule has 50 heavy (non-hydrogen) atoms. The third kappa shape index (κ3) is 12.4. The average Bonchev–Trinajstić information content (AvgIpc) is 3.14. The fourth-order valence-corrected chi connectivity index (χ4v) is 6.74. The topological polar surface area (TPSA) is 114 Å². The van der Waals surface area contributed by atoms with Gasteiger partial charge in [-0.25, -0.2) is 0 Å². The van der Waals surface area contributed by atoms with Crippen molar-refractivity contribution in [3.8, 4) is 35.8 Å². The predicted molar refractivity (Wildman–Crippen MR) is 205 cm³/mol. The second kappa shape index (κ2) is 23.8. The van der Waals surface area contributed by atoms with Crippen molar-refractivity contribution in [2.45, 2.75) is 142 Å². The van der Waals surface area contributed by atoms with Crippen LogP contribution in [-0.2, 0) is 0 Å². The van der Waals surface area contributed by atoms with Crippen LogP contribution in [0.15, 0.2) is 36.4 Å². The van der Waals surface area contributed by atoms with Gasteiger partial charge >= 0.3 is 0 Å². The third-order valence-corrected chi connectivity index (χ3v) is 9.54. The summed E-state index contributed by atoms with van der Waals surface area (Å²) in [4.78, 5) is 0. The summed E-state index contributed by atoms with van der Waals surface area (Å²) in [6.07, 6.45) is 24.8. The van der Waals surface area contributed by atoms with Gasteiger partial charge in [-0.15, -0.1) is 0 Å². The Morgan fingerprint density at radius 2 is 0.720 bits per heavy atom. The molecule has 0 saturated heterocycles. The quantitative estimate of drug-likeness (QED) is 0.0691. The summed E-state index contributed by atoms with van der Waals surface area (Å²) >= 11 is 0. The van der Waals surface area contributed by atoms with Gasteiger partial charge in [-0.05, 0) is 70.8 Å². The van der Waals surface area contributed by atoms with E-state index in [1.165, 1.54) is 103 Å². The Hall–Kier alpha value is -4.52. The van der Waals surface area contributed by atoms with Crippen molar-refractivity contribution in [1.82, 2.24) is 0 Å². The minimum Gasteiger partial charge on any atom is -0.494 e. The van der Waals surface area contributed by atoms with Gasteiger partial charge in [0, 0.05) is 10.4 Å². The van der Waals surface area contributed by atoms with Gasteiger partial charge in [-0.2, -0.15) is 21.0 Å². The van der Waals surface area contributed by atoms with Crippen LogP contribution in [-0.4, -0.2) is 13.2 Å². The Bertz CT molecular complexity index is 1630. The number of hydrogen-bond acceptors (Lipinski definition) is 6. The summed E-state index contributed by atoms with van der Waals surface area (Å²) < 4.78 is 12.3. The van der Waals surface area contributed by atoms with E-state index in [2.05, 4.69) is 38.1 Å². The van der Waals surface area contributed by atoms with E-state index < -0.39 is 0 Å². The van der Waals surface area contributed by atoms with Crippen LogP contribution >= 0.6 is 0 Å². The molecule has 264 valence electrons. The number of ether oxygens (including phenoxy) is 2. The minimum atomic E-state index is -0.0344. The molecular weight excluding hydrogens is 617 g/mol. The fourth-order valence-electron chi connectivity index (χ4n) is 6.74. The van der Waals surface area contributed by atoms with E-state index >= 15 is 0 Å². The smallest absolute Gasteiger partial charge is 0.138 e. The zero-order chi connectivity index (χ0) is 35.8. The summed E-state index contributed by atoms with van der Waals surface area (Å²) in [5, 5.41) is 43.4. The molecule has 0 aliphatic heterocycles. The van der Waals surface area contributed by atoms with Crippen molar-refractivity contribution in [3.05, 3.63) is 46.8 Å². The standard InChI is InChI=1S/C44H56N4O2/c1-3-5-7-9-11-13-15-17-19-21-27-49-37-23-25-39-41(29-37)43(35(31-45)32-46)40-26-24-38(30-42(40)44(39)36(33-47)34-48)50-28-22-20-18-16-14-12-10-8-6-4-2/h23-26,29-30H,3-22,27-28H2,1-2H3. The highest BCUT2D eigenvalue weighted by Crippen LogP contribution is 2.25. The Balaban J connectivity index is 1.78. The van der Waals surface area contributed by atoms with Crippen LogP contribution in [0.3, 0.4) is 0 Å². The maximum Gasteiger partial charge on any atom is 0.138 e. The number of nitrogens with zero attached hydrogens (tertiary/aromatic N) is 4. The largest absolute Gasteiger partial charge is 0.494 e. The van der Waals surface area contributed by atoms with Crippen LogP contribution in [0.1, 0.15) is 142 Å². The van der Waals surface area contributed by atoms with Gasteiger partial charge in [-0.1, -0.05) is 129 Å². The SMILES string of the molecule is CCCCCCCCCCCCOc1ccc2c(=C(C#N)C#N)c3cc(OCCCCCCCCCCCC)ccc3c(=C(C#N)C#N)c2c1. The normalized spacial score (nSPS) is 10.7. The molecule has 6 nitrogen and oxygen atoms in total. The number of nitriles is 4. The summed E-state index contributed by atoms with van der Waals surface area (Å²) in [6, 6.07) is 19.3. The lowest BCUT2D eigenvalue weighted by molar-refractivity contribution is 0.304. The number of rotatable bonds is 24. The highest BCUT2D eigenvalue weighted by Gasteiger charge is 2.15. The molecule has 0 unspecified atom stereocenters. The van der Waals surface area contributed by atoms with Gasteiger partial charge in [0.15, 0.2) is 0 Å². The van der Waals surface area contributed by atoms with Crippen LogP contribution in [0.2, 0.25) is 0 Å². The molecule has 0 spiro atoms. The van der Waals surface area contributed by atoms with E-state index in [0.717, 1.165) is 25.7 Å². The minimum absolute atomic E-state index is 0.0344. The van der Waals surface area contributed by atoms with E-state index in [1.807, 2.05) is 36.4 Å². The third-order valence-electron chi connectivity index (χ3n) is 9.54.